The van der Waals surface area contributed by atoms with Gasteiger partial charge in [0.1, 0.15) is 0 Å². The number of nitrogens with zero attached hydrogens (tertiary/aromatic N) is 2. The van der Waals surface area contributed by atoms with Crippen LogP contribution in [-0.2, 0) is 11.3 Å². The fraction of sp³-hybridized carbons (Fsp3) is 0.250. The molecule has 0 aliphatic carbocycles. The number of benzene rings is 1. The molecule has 0 amide bonds. The maximum atomic E-state index is 11.4. The number of nitrogens with one attached hydrogen (secondary N) is 2. The van der Waals surface area contributed by atoms with Gasteiger partial charge < -0.3 is 15.1 Å². The van der Waals surface area contributed by atoms with Crippen LogP contribution in [0.3, 0.4) is 0 Å². The number of fused-ring (bicyclic) bond motifs is 1. The summed E-state index contributed by atoms with van der Waals surface area (Å²) < 4.78 is 0. The van der Waals surface area contributed by atoms with Crippen LogP contribution in [0, 0.1) is 10.1 Å². The quantitative estimate of drug-likeness (QED) is 0.388. The third-order valence-corrected chi connectivity index (χ3v) is 2.95. The van der Waals surface area contributed by atoms with Gasteiger partial charge in [-0.25, -0.2) is 0 Å². The first-order valence-electron chi connectivity index (χ1n) is 6.12. The SMILES string of the molecule is CN(CC(=O)O)Cc1cc([N+](=O)[O-])cc2[nH]c(=O)c(=O)[nH]c12. The molecule has 0 atom stereocenters. The molecule has 0 saturated carbocycles. The van der Waals surface area contributed by atoms with E-state index in [1.54, 1.807) is 0 Å². The van der Waals surface area contributed by atoms with Gasteiger partial charge in [0.15, 0.2) is 0 Å². The molecule has 0 radical (unpaired) electrons. The second-order valence-corrected chi connectivity index (χ2v) is 4.76. The third-order valence-electron chi connectivity index (χ3n) is 2.95. The fourth-order valence-corrected chi connectivity index (χ4v) is 2.09. The number of aliphatic carboxylic acids is 1. The minimum Gasteiger partial charge on any atom is -0.480 e. The summed E-state index contributed by atoms with van der Waals surface area (Å²) in [6.45, 7) is -0.232. The number of nitro benzene ring substituents is 1. The molecule has 0 aliphatic rings. The maximum Gasteiger partial charge on any atom is 0.317 e. The zero-order valence-electron chi connectivity index (χ0n) is 11.5. The molecular formula is C12H12N4O6. The van der Waals surface area contributed by atoms with E-state index in [1.807, 2.05) is 0 Å². The monoisotopic (exact) mass is 308 g/mol. The predicted molar refractivity (Wildman–Crippen MR) is 75.8 cm³/mol. The van der Waals surface area contributed by atoms with E-state index in [0.29, 0.717) is 5.56 Å². The van der Waals surface area contributed by atoms with Crippen molar-refractivity contribution in [2.75, 3.05) is 13.6 Å². The van der Waals surface area contributed by atoms with Crippen molar-refractivity contribution in [2.45, 2.75) is 6.54 Å². The standard InChI is InChI=1S/C12H12N4O6/c1-15(5-9(17)18)4-6-2-7(16(21)22)3-8-10(6)14-12(20)11(19)13-8/h2-3H,4-5H2,1H3,(H,13,19)(H,14,20)(H,17,18). The summed E-state index contributed by atoms with van der Waals surface area (Å²) in [4.78, 5) is 49.8. The molecule has 10 heteroatoms. The van der Waals surface area contributed by atoms with Crippen LogP contribution in [0.2, 0.25) is 0 Å². The molecular weight excluding hydrogens is 296 g/mol. The summed E-state index contributed by atoms with van der Waals surface area (Å²) in [6, 6.07) is 2.36. The maximum absolute atomic E-state index is 11.4. The van der Waals surface area contributed by atoms with Crippen molar-refractivity contribution in [1.82, 2.24) is 14.9 Å². The summed E-state index contributed by atoms with van der Waals surface area (Å²) in [5, 5.41) is 19.7. The van der Waals surface area contributed by atoms with Crippen molar-refractivity contribution >= 4 is 22.7 Å². The lowest BCUT2D eigenvalue weighted by molar-refractivity contribution is -0.384. The zero-order chi connectivity index (χ0) is 16.4. The van der Waals surface area contributed by atoms with Crippen molar-refractivity contribution in [3.63, 3.8) is 0 Å². The largest absolute Gasteiger partial charge is 0.480 e. The van der Waals surface area contributed by atoms with Crippen molar-refractivity contribution in [1.29, 1.82) is 0 Å². The Morgan fingerprint density at radius 1 is 1.32 bits per heavy atom. The summed E-state index contributed by atoms with van der Waals surface area (Å²) in [6.07, 6.45) is 0. The lowest BCUT2D eigenvalue weighted by Crippen LogP contribution is -2.30. The average molecular weight is 308 g/mol. The molecule has 22 heavy (non-hydrogen) atoms. The van der Waals surface area contributed by atoms with Crippen LogP contribution >= 0.6 is 0 Å². The molecule has 0 saturated heterocycles. The van der Waals surface area contributed by atoms with E-state index in [2.05, 4.69) is 9.97 Å². The van der Waals surface area contributed by atoms with Crippen LogP contribution in [0.4, 0.5) is 5.69 Å². The molecule has 0 unspecified atom stereocenters. The number of hydrogen-bond donors (Lipinski definition) is 3. The van der Waals surface area contributed by atoms with Crippen LogP contribution in [0.25, 0.3) is 11.0 Å². The van der Waals surface area contributed by atoms with E-state index < -0.39 is 22.0 Å². The summed E-state index contributed by atoms with van der Waals surface area (Å²) in [7, 11) is 1.52. The smallest absolute Gasteiger partial charge is 0.317 e. The van der Waals surface area contributed by atoms with E-state index in [1.165, 1.54) is 18.0 Å². The van der Waals surface area contributed by atoms with E-state index in [-0.39, 0.29) is 29.8 Å². The first-order valence-corrected chi connectivity index (χ1v) is 6.12. The van der Waals surface area contributed by atoms with Gasteiger partial charge in [-0.1, -0.05) is 0 Å². The summed E-state index contributed by atoms with van der Waals surface area (Å²) >= 11 is 0. The van der Waals surface area contributed by atoms with E-state index in [9.17, 15) is 24.5 Å². The number of non-ortho nitro benzene ring substituents is 1. The van der Waals surface area contributed by atoms with E-state index in [4.69, 9.17) is 5.11 Å². The topological polar surface area (TPSA) is 149 Å². The molecule has 0 spiro atoms. The molecule has 0 aliphatic heterocycles. The van der Waals surface area contributed by atoms with Crippen molar-refractivity contribution in [3.8, 4) is 0 Å². The second-order valence-electron chi connectivity index (χ2n) is 4.76. The Morgan fingerprint density at radius 2 is 1.95 bits per heavy atom. The highest BCUT2D eigenvalue weighted by molar-refractivity contribution is 5.80. The molecule has 2 aromatic rings. The van der Waals surface area contributed by atoms with E-state index >= 15 is 0 Å². The van der Waals surface area contributed by atoms with Gasteiger partial charge in [-0.3, -0.25) is 29.4 Å². The van der Waals surface area contributed by atoms with Crippen molar-refractivity contribution < 1.29 is 14.8 Å². The molecule has 10 nitrogen and oxygen atoms in total. The first-order chi connectivity index (χ1) is 10.3. The molecule has 0 bridgehead atoms. The van der Waals surface area contributed by atoms with Gasteiger partial charge >= 0.3 is 17.1 Å². The fourth-order valence-electron chi connectivity index (χ4n) is 2.09. The number of aromatic nitrogens is 2. The normalized spacial score (nSPS) is 11.0. The highest BCUT2D eigenvalue weighted by Crippen LogP contribution is 2.22. The Hall–Kier alpha value is -3.01. The number of carboxylic acid groups (broad SMARTS) is 1. The highest BCUT2D eigenvalue weighted by atomic mass is 16.6. The number of H-pyrrole nitrogens is 2. The first kappa shape index (κ1) is 15.4. The van der Waals surface area contributed by atoms with Gasteiger partial charge in [0, 0.05) is 18.7 Å². The second kappa shape index (κ2) is 5.77. The number of hydrogen-bond acceptors (Lipinski definition) is 6. The van der Waals surface area contributed by atoms with Crippen molar-refractivity contribution in [3.05, 3.63) is 48.5 Å². The van der Waals surface area contributed by atoms with Gasteiger partial charge in [0.25, 0.3) is 5.69 Å². The van der Waals surface area contributed by atoms with Crippen LogP contribution in [0.15, 0.2) is 21.7 Å². The number of aromatic amines is 2. The Bertz CT molecular complexity index is 868. The third kappa shape index (κ3) is 3.17. The molecule has 1 aromatic carbocycles. The zero-order valence-corrected chi connectivity index (χ0v) is 11.5. The van der Waals surface area contributed by atoms with Crippen molar-refractivity contribution in [2.24, 2.45) is 0 Å². The number of carbonyl (C=O) groups is 1. The van der Waals surface area contributed by atoms with Crippen LogP contribution < -0.4 is 11.1 Å². The Morgan fingerprint density at radius 3 is 2.55 bits per heavy atom. The minimum absolute atomic E-state index is 0.0481. The van der Waals surface area contributed by atoms with Gasteiger partial charge in [0.2, 0.25) is 0 Å². The van der Waals surface area contributed by atoms with Gasteiger partial charge in [-0.2, -0.15) is 0 Å². The lowest BCUT2D eigenvalue weighted by Gasteiger charge is -2.15. The molecule has 1 heterocycles. The summed E-state index contributed by atoms with van der Waals surface area (Å²) in [5.41, 5.74) is -1.40. The molecule has 3 N–H and O–H groups in total. The minimum atomic E-state index is -1.06. The predicted octanol–water partition coefficient (Wildman–Crippen LogP) is -0.359. The number of likely N-dealkylation sites (N-methyl/N-ethyl adjacent to an activating group) is 1. The van der Waals surface area contributed by atoms with Crippen LogP contribution in [0.5, 0.6) is 0 Å². The lowest BCUT2D eigenvalue weighted by atomic mass is 10.1. The molecule has 1 aromatic heterocycles. The molecule has 116 valence electrons. The van der Waals surface area contributed by atoms with Crippen LogP contribution in [0.1, 0.15) is 5.56 Å². The van der Waals surface area contributed by atoms with Crippen LogP contribution in [-0.4, -0.2) is 44.5 Å². The van der Waals surface area contributed by atoms with Gasteiger partial charge in [-0.05, 0) is 12.6 Å². The number of carboxylic acids is 1. The summed E-state index contributed by atoms with van der Waals surface area (Å²) in [5.74, 6) is -1.06. The Kier molecular flexibility index (Phi) is 4.04. The van der Waals surface area contributed by atoms with Gasteiger partial charge in [-0.15, -0.1) is 0 Å². The molecule has 0 fully saturated rings. The molecule has 2 rings (SSSR count). The van der Waals surface area contributed by atoms with Gasteiger partial charge in [0.05, 0.1) is 22.5 Å². The number of rotatable bonds is 5. The number of nitro groups is 1. The van der Waals surface area contributed by atoms with E-state index in [0.717, 1.165) is 6.07 Å². The average Bonchev–Trinajstić information content (AvgIpc) is 2.39. The Balaban J connectivity index is 2.61. The Labute approximate surface area is 122 Å². The highest BCUT2D eigenvalue weighted by Gasteiger charge is 2.16.